The number of benzene rings is 2. The lowest BCUT2D eigenvalue weighted by Gasteiger charge is -2.43. The van der Waals surface area contributed by atoms with Crippen LogP contribution >= 0.6 is 63.7 Å². The lowest BCUT2D eigenvalue weighted by atomic mass is 9.89. The van der Waals surface area contributed by atoms with E-state index in [0.717, 1.165) is 34.3 Å². The SMILES string of the molecule is C[Si](C)(C)CCOCn1c(C(=O)N/C=C(/C=c2\[nH]c3n(c2=O)Cc2ccccc2CN=3)C2CC3C(=O)N4Cc5ccccc5CN=C4N3N(C(=O)c3cc(Br)c(Br)n3COCC[Si](C)(C)C)C2)cc(Br)c1Br. The van der Waals surface area contributed by atoms with Crippen molar-refractivity contribution in [3.05, 3.63) is 146 Å². The van der Waals surface area contributed by atoms with Gasteiger partial charge in [-0.15, -0.1) is 0 Å². The lowest BCUT2D eigenvalue weighted by molar-refractivity contribution is -0.132. The molecule has 2 fully saturated rings. The Hall–Kier alpha value is -4.43. The van der Waals surface area contributed by atoms with Crippen LogP contribution < -0.4 is 21.8 Å². The number of nitrogens with zero attached hydrogens (tertiary/aromatic N) is 8. The number of hydrazine groups is 1. The molecule has 2 aromatic carbocycles. The van der Waals surface area contributed by atoms with E-state index in [4.69, 9.17) is 19.5 Å². The number of imidazole rings is 1. The van der Waals surface area contributed by atoms with Crippen LogP contribution in [0, 0.1) is 5.92 Å². The molecular formula is C50H58Br4N10O6Si2. The summed E-state index contributed by atoms with van der Waals surface area (Å²) in [5.74, 6) is -1.25. The largest absolute Gasteiger partial charge is 0.361 e. The minimum absolute atomic E-state index is 0.0510. The van der Waals surface area contributed by atoms with E-state index in [9.17, 15) is 14.4 Å². The molecule has 72 heavy (non-hydrogen) atoms. The van der Waals surface area contributed by atoms with Gasteiger partial charge < -0.3 is 28.9 Å². The molecule has 4 aliphatic heterocycles. The molecular weight excluding hydrogens is 1210 g/mol. The molecule has 5 aromatic rings. The highest BCUT2D eigenvalue weighted by Gasteiger charge is 2.53. The topological polar surface area (TPSA) is 164 Å². The van der Waals surface area contributed by atoms with Gasteiger partial charge in [0.25, 0.3) is 23.3 Å². The second kappa shape index (κ2) is 21.4. The predicted molar refractivity (Wildman–Crippen MR) is 296 cm³/mol. The number of carbonyl (C=O) groups excluding carboxylic acids is 3. The van der Waals surface area contributed by atoms with Crippen molar-refractivity contribution in [1.82, 2.24) is 38.9 Å². The number of aromatic nitrogens is 4. The first-order chi connectivity index (χ1) is 34.3. The summed E-state index contributed by atoms with van der Waals surface area (Å²) in [6, 6.07) is 20.4. The number of ether oxygens (including phenoxy) is 2. The number of rotatable bonds is 15. The van der Waals surface area contributed by atoms with Gasteiger partial charge in [-0.25, -0.2) is 20.0 Å². The average molecular weight is 1270 g/mol. The standard InChI is InChI=1S/C50H58Br4N10O6Si2/c1-71(2,3)17-15-69-29-61-40(21-37(51)43(61)53)45(65)55-25-35(19-39-46(66)59-26-33-13-9-7-11-31(33)23-56-49(59)58-39)36-20-42-47(67)60-27-34-14-10-8-12-32(34)24-57-50(60)64(42)63(28-36)48(68)41-22-38(52)44(54)62(41)30-70-16-18-72(4,5)6/h7-14,19,21-22,25,36,42H,15-18,20,23-24,26-30H2,1-6H3,(H,55,65)(H,56,58)/b35-25-,39-19-. The monoisotopic (exact) mass is 1270 g/mol. The molecule has 2 atom stereocenters. The summed E-state index contributed by atoms with van der Waals surface area (Å²) in [5.41, 5.74) is 5.27. The van der Waals surface area contributed by atoms with Crippen LogP contribution in [-0.2, 0) is 53.9 Å². The van der Waals surface area contributed by atoms with Crippen LogP contribution in [0.5, 0.6) is 0 Å². The normalized spacial score (nSPS) is 18.2. The van der Waals surface area contributed by atoms with E-state index in [-0.39, 0.29) is 49.8 Å². The number of hydrogen-bond acceptors (Lipinski definition) is 9. The highest BCUT2D eigenvalue weighted by molar-refractivity contribution is 9.13. The zero-order valence-electron chi connectivity index (χ0n) is 41.1. The average Bonchev–Trinajstić information content (AvgIpc) is 3.87. The minimum atomic E-state index is -1.41. The number of nitrogens with one attached hydrogen (secondary N) is 2. The van der Waals surface area contributed by atoms with Crippen molar-refractivity contribution in [2.24, 2.45) is 15.9 Å². The fourth-order valence-corrected chi connectivity index (χ4v) is 12.4. The molecule has 2 saturated heterocycles. The maximum atomic E-state index is 15.5. The Balaban J connectivity index is 1.13. The Labute approximate surface area is 453 Å². The number of aliphatic imine (C=N–C) groups is 1. The lowest BCUT2D eigenvalue weighted by Crippen LogP contribution is -2.58. The van der Waals surface area contributed by atoms with Gasteiger partial charge in [-0.3, -0.25) is 28.6 Å². The van der Waals surface area contributed by atoms with Crippen LogP contribution in [0.2, 0.25) is 51.4 Å². The van der Waals surface area contributed by atoms with Crippen molar-refractivity contribution in [2.45, 2.75) is 103 Å². The minimum Gasteiger partial charge on any atom is -0.361 e. The third kappa shape index (κ3) is 11.2. The molecule has 22 heteroatoms. The van der Waals surface area contributed by atoms with E-state index >= 15 is 4.79 Å². The number of fused-ring (bicyclic) bond motifs is 6. The molecule has 0 saturated carbocycles. The maximum Gasteiger partial charge on any atom is 0.289 e. The third-order valence-corrected chi connectivity index (χ3v) is 20.8. The molecule has 2 N–H and O–H groups in total. The van der Waals surface area contributed by atoms with E-state index in [0.29, 0.717) is 79.5 Å². The van der Waals surface area contributed by atoms with E-state index < -0.39 is 39.9 Å². The second-order valence-electron chi connectivity index (χ2n) is 21.0. The molecule has 380 valence electrons. The highest BCUT2D eigenvalue weighted by atomic mass is 79.9. The number of guanidine groups is 1. The van der Waals surface area contributed by atoms with Crippen molar-refractivity contribution in [3.63, 3.8) is 0 Å². The summed E-state index contributed by atoms with van der Waals surface area (Å²) in [7, 11) is -2.78. The van der Waals surface area contributed by atoms with Crippen LogP contribution in [-0.4, -0.2) is 99.2 Å². The summed E-state index contributed by atoms with van der Waals surface area (Å²) < 4.78 is 20.1. The van der Waals surface area contributed by atoms with E-state index in [2.05, 4.69) is 113 Å². The zero-order chi connectivity index (χ0) is 51.2. The zero-order valence-corrected chi connectivity index (χ0v) is 49.5. The first kappa shape index (κ1) is 52.4. The van der Waals surface area contributed by atoms with Gasteiger partial charge in [0.2, 0.25) is 11.6 Å². The fourth-order valence-electron chi connectivity index (χ4n) is 9.20. The number of amides is 3. The molecule has 7 heterocycles. The number of halogens is 4. The first-order valence-electron chi connectivity index (χ1n) is 24.0. The van der Waals surface area contributed by atoms with Gasteiger partial charge in [-0.1, -0.05) is 87.8 Å². The fraction of sp³-hybridized carbons (Fsp3) is 0.400. The van der Waals surface area contributed by atoms with Crippen molar-refractivity contribution in [1.29, 1.82) is 0 Å². The molecule has 3 amide bonds. The summed E-state index contributed by atoms with van der Waals surface area (Å²) in [6.45, 7) is 16.4. The van der Waals surface area contributed by atoms with Gasteiger partial charge >= 0.3 is 0 Å². The van der Waals surface area contributed by atoms with Gasteiger partial charge in [0.1, 0.15) is 45.4 Å². The number of H-pyrrole nitrogens is 1. The molecule has 2 unspecified atom stereocenters. The van der Waals surface area contributed by atoms with Crippen LogP contribution in [0.4, 0.5) is 0 Å². The van der Waals surface area contributed by atoms with Gasteiger partial charge in [0.05, 0.1) is 41.7 Å². The van der Waals surface area contributed by atoms with Crippen LogP contribution in [0.15, 0.2) is 105 Å². The Morgan fingerprint density at radius 1 is 0.778 bits per heavy atom. The van der Waals surface area contributed by atoms with Crippen LogP contribution in [0.3, 0.4) is 0 Å². The Bertz CT molecular complexity index is 3200. The van der Waals surface area contributed by atoms with Crippen molar-refractivity contribution in [2.75, 3.05) is 19.8 Å². The quantitative estimate of drug-likeness (QED) is 0.0786. The van der Waals surface area contributed by atoms with Crippen molar-refractivity contribution in [3.8, 4) is 0 Å². The second-order valence-corrected chi connectivity index (χ2v) is 35.4. The van der Waals surface area contributed by atoms with Gasteiger partial charge in [-0.05, 0) is 128 Å². The maximum absolute atomic E-state index is 15.5. The third-order valence-electron chi connectivity index (χ3n) is 13.4. The number of aromatic amines is 1. The Kier molecular flexibility index (Phi) is 15.6. The predicted octanol–water partition coefficient (Wildman–Crippen LogP) is 8.39. The summed E-state index contributed by atoms with van der Waals surface area (Å²) in [6.07, 6.45) is 3.53. The van der Waals surface area contributed by atoms with Gasteiger partial charge in [0, 0.05) is 41.5 Å². The molecule has 0 aliphatic carbocycles. The molecule has 3 aromatic heterocycles. The number of carbonyl (C=O) groups is 3. The van der Waals surface area contributed by atoms with Crippen LogP contribution in [0.1, 0.15) is 49.7 Å². The molecule has 4 aliphatic rings. The first-order valence-corrected chi connectivity index (χ1v) is 34.6. The van der Waals surface area contributed by atoms with Gasteiger partial charge in [-0.2, -0.15) is 0 Å². The van der Waals surface area contributed by atoms with E-state index in [1.807, 2.05) is 48.5 Å². The van der Waals surface area contributed by atoms with Crippen LogP contribution in [0.25, 0.3) is 6.08 Å². The van der Waals surface area contributed by atoms with Gasteiger partial charge in [0.15, 0.2) is 0 Å². The smallest absolute Gasteiger partial charge is 0.289 e. The van der Waals surface area contributed by atoms with Crippen molar-refractivity contribution >= 4 is 110 Å². The summed E-state index contributed by atoms with van der Waals surface area (Å²) in [4.78, 5) is 74.2. The highest BCUT2D eigenvalue weighted by Crippen LogP contribution is 2.39. The molecule has 0 bridgehead atoms. The summed E-state index contributed by atoms with van der Waals surface area (Å²) >= 11 is 14.6. The van der Waals surface area contributed by atoms with Crippen molar-refractivity contribution < 1.29 is 23.9 Å². The van der Waals surface area contributed by atoms with E-state index in [1.54, 1.807) is 53.0 Å². The molecule has 0 radical (unpaired) electrons. The number of hydrogen-bond donors (Lipinski definition) is 2. The van der Waals surface area contributed by atoms with E-state index in [1.165, 1.54) is 0 Å². The Morgan fingerprint density at radius 3 is 1.94 bits per heavy atom. The Morgan fingerprint density at radius 2 is 1.33 bits per heavy atom. The molecule has 16 nitrogen and oxygen atoms in total. The molecule has 0 spiro atoms. The summed E-state index contributed by atoms with van der Waals surface area (Å²) in [5, 5.41) is 6.62. The molecule has 9 rings (SSSR count).